The number of hydrogen-bond acceptors (Lipinski definition) is 7. The summed E-state index contributed by atoms with van der Waals surface area (Å²) in [5, 5.41) is 9.53. The number of imidazole rings is 1. The fraction of sp³-hybridized carbons (Fsp3) is 0.233. The van der Waals surface area contributed by atoms with Crippen LogP contribution < -0.4 is 4.74 Å². The third-order valence-electron chi connectivity index (χ3n) is 7.21. The lowest BCUT2D eigenvalue weighted by molar-refractivity contribution is -0.0563. The van der Waals surface area contributed by atoms with Crippen molar-refractivity contribution in [3.8, 4) is 17.3 Å². The maximum atomic E-state index is 15.4. The van der Waals surface area contributed by atoms with E-state index in [9.17, 15) is 18.7 Å². The number of ether oxygens (including phenoxy) is 2. The highest BCUT2D eigenvalue weighted by Crippen LogP contribution is 2.29. The van der Waals surface area contributed by atoms with Gasteiger partial charge in [-0.3, -0.25) is 4.98 Å². The molecule has 14 heteroatoms. The van der Waals surface area contributed by atoms with Crippen molar-refractivity contribution in [2.45, 2.75) is 38.5 Å². The number of aromatic carboxylic acids is 1. The van der Waals surface area contributed by atoms with Crippen LogP contribution >= 0.6 is 11.6 Å². The van der Waals surface area contributed by atoms with Crippen molar-refractivity contribution in [3.63, 3.8) is 0 Å². The number of nitrogens with zero attached hydrogens (tertiary/aromatic N) is 5. The number of hydrogen-bond donors (Lipinski definition) is 1. The Kier molecular flexibility index (Phi) is 8.15. The van der Waals surface area contributed by atoms with E-state index in [0.29, 0.717) is 36.4 Å². The molecule has 0 radical (unpaired) electrons. The number of carboxylic acid groups (broad SMARTS) is 1. The van der Waals surface area contributed by atoms with Crippen molar-refractivity contribution in [2.75, 3.05) is 6.61 Å². The van der Waals surface area contributed by atoms with E-state index in [-0.39, 0.29) is 45.8 Å². The quantitative estimate of drug-likeness (QED) is 0.184. The van der Waals surface area contributed by atoms with Gasteiger partial charge < -0.3 is 19.1 Å². The second kappa shape index (κ2) is 12.2. The SMILES string of the molecule is O=C(O)c1ccc2nc(Cc3cc(F)c(-c4ncc(F)c(OCc5ncc(Cl)cc5F)n4)cc3F)n(CC[C@@H]3CCO3)c2c1. The van der Waals surface area contributed by atoms with E-state index in [0.717, 1.165) is 30.8 Å². The van der Waals surface area contributed by atoms with Crippen LogP contribution in [0.2, 0.25) is 5.02 Å². The van der Waals surface area contributed by atoms with Crippen LogP contribution in [0, 0.1) is 23.3 Å². The maximum Gasteiger partial charge on any atom is 0.335 e. The van der Waals surface area contributed by atoms with Gasteiger partial charge in [-0.1, -0.05) is 11.6 Å². The Morgan fingerprint density at radius 2 is 1.84 bits per heavy atom. The fourth-order valence-corrected chi connectivity index (χ4v) is 4.95. The Morgan fingerprint density at radius 3 is 2.57 bits per heavy atom. The van der Waals surface area contributed by atoms with E-state index in [2.05, 4.69) is 19.9 Å². The minimum Gasteiger partial charge on any atom is -0.478 e. The van der Waals surface area contributed by atoms with Gasteiger partial charge in [0.15, 0.2) is 5.82 Å². The summed E-state index contributed by atoms with van der Waals surface area (Å²) in [6.07, 6.45) is 3.41. The van der Waals surface area contributed by atoms with Gasteiger partial charge in [-0.05, 0) is 54.8 Å². The van der Waals surface area contributed by atoms with Crippen molar-refractivity contribution in [3.05, 3.63) is 99.7 Å². The summed E-state index contributed by atoms with van der Waals surface area (Å²) in [6, 6.07) is 7.38. The smallest absolute Gasteiger partial charge is 0.335 e. The summed E-state index contributed by atoms with van der Waals surface area (Å²) in [4.78, 5) is 27.6. The molecule has 0 spiro atoms. The van der Waals surface area contributed by atoms with E-state index in [4.69, 9.17) is 21.1 Å². The summed E-state index contributed by atoms with van der Waals surface area (Å²) in [5.74, 6) is -5.12. The molecule has 1 atom stereocenters. The van der Waals surface area contributed by atoms with Gasteiger partial charge in [-0.15, -0.1) is 0 Å². The van der Waals surface area contributed by atoms with Crippen molar-refractivity contribution in [1.29, 1.82) is 0 Å². The third-order valence-corrected chi connectivity index (χ3v) is 7.42. The van der Waals surface area contributed by atoms with Crippen LogP contribution in [0.25, 0.3) is 22.4 Å². The molecule has 5 aromatic rings. The van der Waals surface area contributed by atoms with Gasteiger partial charge in [0.05, 0.1) is 39.5 Å². The molecule has 1 aliphatic heterocycles. The standard InChI is InChI=1S/C30H22ClF4N5O4/c31-17-10-22(34)25(36-12-17)14-44-29-23(35)13-37-28(39-29)19-11-20(32)16(7-21(19)33)9-27-38-24-2-1-15(30(41)42)8-26(24)40(27)5-3-18-4-6-43-18/h1-2,7-8,10-13,18H,3-6,9,14H2,(H,41,42)/t18-/m1/s1. The van der Waals surface area contributed by atoms with Crippen LogP contribution in [0.1, 0.15) is 40.3 Å². The summed E-state index contributed by atoms with van der Waals surface area (Å²) < 4.78 is 71.8. The minimum absolute atomic E-state index is 0.0240. The highest BCUT2D eigenvalue weighted by molar-refractivity contribution is 6.30. The van der Waals surface area contributed by atoms with E-state index in [1.807, 2.05) is 0 Å². The molecule has 1 saturated heterocycles. The van der Waals surface area contributed by atoms with Gasteiger partial charge in [-0.25, -0.2) is 27.9 Å². The number of benzene rings is 2. The van der Waals surface area contributed by atoms with Crippen LogP contribution in [-0.2, 0) is 24.3 Å². The number of aryl methyl sites for hydroxylation is 1. The number of halogens is 5. The molecule has 0 unspecified atom stereocenters. The molecular formula is C30H22ClF4N5O4. The normalized spacial score (nSPS) is 14.5. The topological polar surface area (TPSA) is 112 Å². The van der Waals surface area contributed by atoms with E-state index in [1.54, 1.807) is 10.6 Å². The number of aromatic nitrogens is 5. The number of fused-ring (bicyclic) bond motifs is 1. The third kappa shape index (κ3) is 6.06. The molecule has 44 heavy (non-hydrogen) atoms. The predicted molar refractivity (Wildman–Crippen MR) is 149 cm³/mol. The molecule has 1 fully saturated rings. The van der Waals surface area contributed by atoms with Gasteiger partial charge in [0.2, 0.25) is 5.82 Å². The zero-order chi connectivity index (χ0) is 31.0. The molecule has 6 rings (SSSR count). The lowest BCUT2D eigenvalue weighted by Gasteiger charge is -2.26. The summed E-state index contributed by atoms with van der Waals surface area (Å²) in [7, 11) is 0. The van der Waals surface area contributed by atoms with Gasteiger partial charge in [0.1, 0.15) is 35.6 Å². The fourth-order valence-electron chi connectivity index (χ4n) is 4.81. The van der Waals surface area contributed by atoms with Crippen LogP contribution in [0.4, 0.5) is 17.6 Å². The minimum atomic E-state index is -1.10. The first-order valence-corrected chi connectivity index (χ1v) is 13.8. The molecule has 1 aliphatic rings. The second-order valence-electron chi connectivity index (χ2n) is 10.1. The Morgan fingerprint density at radius 1 is 1.02 bits per heavy atom. The first kappa shape index (κ1) is 29.5. The first-order valence-electron chi connectivity index (χ1n) is 13.4. The molecular weight excluding hydrogens is 606 g/mol. The molecule has 0 bridgehead atoms. The van der Waals surface area contributed by atoms with Crippen LogP contribution in [0.3, 0.4) is 0 Å². The highest BCUT2D eigenvalue weighted by atomic mass is 35.5. The summed E-state index contributed by atoms with van der Waals surface area (Å²) in [5.41, 5.74) is 0.595. The molecule has 1 N–H and O–H groups in total. The van der Waals surface area contributed by atoms with E-state index < -0.39 is 41.7 Å². The number of pyridine rings is 1. The van der Waals surface area contributed by atoms with E-state index >= 15 is 8.78 Å². The van der Waals surface area contributed by atoms with Crippen molar-refractivity contribution < 1.29 is 36.9 Å². The Labute approximate surface area is 252 Å². The predicted octanol–water partition coefficient (Wildman–Crippen LogP) is 6.15. The number of carbonyl (C=O) groups is 1. The molecule has 0 amide bonds. The molecule has 9 nitrogen and oxygen atoms in total. The maximum absolute atomic E-state index is 15.4. The molecule has 0 aliphatic carbocycles. The average molecular weight is 628 g/mol. The Balaban J connectivity index is 1.28. The van der Waals surface area contributed by atoms with Crippen molar-refractivity contribution in [2.24, 2.45) is 0 Å². The number of rotatable bonds is 10. The molecule has 226 valence electrons. The lowest BCUT2D eigenvalue weighted by Crippen LogP contribution is -2.28. The van der Waals surface area contributed by atoms with E-state index in [1.165, 1.54) is 18.3 Å². The molecule has 2 aromatic carbocycles. The van der Waals surface area contributed by atoms with Crippen LogP contribution in [0.5, 0.6) is 5.88 Å². The van der Waals surface area contributed by atoms with Gasteiger partial charge >= 0.3 is 5.97 Å². The number of carboxylic acids is 1. The molecule has 0 saturated carbocycles. The first-order chi connectivity index (χ1) is 21.2. The summed E-state index contributed by atoms with van der Waals surface area (Å²) >= 11 is 5.69. The monoisotopic (exact) mass is 627 g/mol. The van der Waals surface area contributed by atoms with Crippen molar-refractivity contribution in [1.82, 2.24) is 24.5 Å². The molecule has 3 aromatic heterocycles. The average Bonchev–Trinajstić information content (AvgIpc) is 3.30. The zero-order valence-corrected chi connectivity index (χ0v) is 23.5. The molecule has 4 heterocycles. The Bertz CT molecular complexity index is 1900. The van der Waals surface area contributed by atoms with Crippen LogP contribution in [-0.4, -0.2) is 48.3 Å². The lowest BCUT2D eigenvalue weighted by atomic mass is 10.1. The second-order valence-corrected chi connectivity index (χ2v) is 10.5. The highest BCUT2D eigenvalue weighted by Gasteiger charge is 2.22. The largest absolute Gasteiger partial charge is 0.478 e. The van der Waals surface area contributed by atoms with Crippen molar-refractivity contribution >= 4 is 28.6 Å². The van der Waals surface area contributed by atoms with Gasteiger partial charge in [0.25, 0.3) is 5.88 Å². The Hall–Kier alpha value is -4.62. The zero-order valence-electron chi connectivity index (χ0n) is 22.7. The van der Waals surface area contributed by atoms with Crippen LogP contribution in [0.15, 0.2) is 48.8 Å². The summed E-state index contributed by atoms with van der Waals surface area (Å²) in [6.45, 7) is 0.600. The van der Waals surface area contributed by atoms with Gasteiger partial charge in [-0.2, -0.15) is 9.37 Å². The van der Waals surface area contributed by atoms with Gasteiger partial charge in [0, 0.05) is 25.8 Å².